The smallest absolute Gasteiger partial charge is 0.341 e. The molecule has 5 rings (SSSR count). The number of aromatic carboxylic acids is 1. The third-order valence-electron chi connectivity index (χ3n) is 6.23. The number of hydrogen-bond donors (Lipinski definition) is 2. The van der Waals surface area contributed by atoms with E-state index in [9.17, 15) is 14.7 Å². The second-order valence-corrected chi connectivity index (χ2v) is 8.68. The molecule has 0 atom stereocenters. The Hall–Kier alpha value is -4.24. The van der Waals surface area contributed by atoms with Crippen LogP contribution < -0.4 is 15.6 Å². The van der Waals surface area contributed by atoms with Gasteiger partial charge in [-0.25, -0.2) is 9.78 Å². The lowest BCUT2D eigenvalue weighted by molar-refractivity contribution is 0.0695. The van der Waals surface area contributed by atoms with E-state index in [4.69, 9.17) is 0 Å². The number of rotatable bonds is 6. The number of carboxylic acids is 1. The molecule has 4 aromatic rings. The van der Waals surface area contributed by atoms with Crippen LogP contribution in [0.1, 0.15) is 15.9 Å². The first-order valence-corrected chi connectivity index (χ1v) is 11.5. The standard InChI is InChI=1S/C26H26N6O3/c1-30-11-13-31(14-12-30)20-9-7-19(8-10-20)28-26-27-15-21-23(33)22(25(34)35)17-32(24(21)29-26)16-18-5-3-2-4-6-18/h2-10,15,17H,11-14,16H2,1H3,(H,34,35)(H,27,28,29). The molecule has 9 heteroatoms. The Bertz CT molecular complexity index is 1410. The number of benzene rings is 2. The van der Waals surface area contributed by atoms with Crippen molar-refractivity contribution < 1.29 is 9.90 Å². The van der Waals surface area contributed by atoms with E-state index in [-0.39, 0.29) is 10.9 Å². The fourth-order valence-corrected chi connectivity index (χ4v) is 4.24. The van der Waals surface area contributed by atoms with Crippen LogP contribution in [0, 0.1) is 0 Å². The van der Waals surface area contributed by atoms with Gasteiger partial charge in [0.25, 0.3) is 0 Å². The van der Waals surface area contributed by atoms with Gasteiger partial charge in [0.05, 0.1) is 5.39 Å². The van der Waals surface area contributed by atoms with Crippen molar-refractivity contribution in [3.8, 4) is 0 Å². The summed E-state index contributed by atoms with van der Waals surface area (Å²) < 4.78 is 1.68. The summed E-state index contributed by atoms with van der Waals surface area (Å²) in [6.07, 6.45) is 2.74. The maximum Gasteiger partial charge on any atom is 0.341 e. The number of piperazine rings is 1. The number of pyridine rings is 1. The van der Waals surface area contributed by atoms with Crippen LogP contribution in [0.25, 0.3) is 11.0 Å². The molecule has 2 N–H and O–H groups in total. The lowest BCUT2D eigenvalue weighted by Crippen LogP contribution is -2.44. The molecular weight excluding hydrogens is 444 g/mol. The Morgan fingerprint density at radius 2 is 1.74 bits per heavy atom. The second-order valence-electron chi connectivity index (χ2n) is 8.68. The van der Waals surface area contributed by atoms with Crippen LogP contribution in [0.3, 0.4) is 0 Å². The topological polar surface area (TPSA) is 104 Å². The normalized spacial score (nSPS) is 14.3. The number of anilines is 3. The molecule has 1 fully saturated rings. The Labute approximate surface area is 202 Å². The first-order valence-electron chi connectivity index (χ1n) is 11.5. The number of nitrogens with zero attached hydrogens (tertiary/aromatic N) is 5. The number of carbonyl (C=O) groups is 1. The Morgan fingerprint density at radius 1 is 1.03 bits per heavy atom. The van der Waals surface area contributed by atoms with E-state index in [1.54, 1.807) is 4.57 Å². The predicted octanol–water partition coefficient (Wildman–Crippen LogP) is 3.03. The molecule has 0 radical (unpaired) electrons. The predicted molar refractivity (Wildman–Crippen MR) is 136 cm³/mol. The average Bonchev–Trinajstić information content (AvgIpc) is 2.87. The number of likely N-dealkylation sites (N-methyl/N-ethyl adjacent to an activating group) is 1. The van der Waals surface area contributed by atoms with Crippen LogP contribution in [0.15, 0.2) is 71.8 Å². The van der Waals surface area contributed by atoms with E-state index in [0.717, 1.165) is 37.4 Å². The lowest BCUT2D eigenvalue weighted by atomic mass is 10.2. The molecule has 9 nitrogen and oxygen atoms in total. The molecule has 178 valence electrons. The SMILES string of the molecule is CN1CCN(c2ccc(Nc3ncc4c(=O)c(C(=O)O)cn(Cc5ccccc5)c4n3)cc2)CC1. The highest BCUT2D eigenvalue weighted by Crippen LogP contribution is 2.22. The molecule has 2 aromatic heterocycles. The van der Waals surface area contributed by atoms with Crippen molar-refractivity contribution in [3.63, 3.8) is 0 Å². The second kappa shape index (κ2) is 9.55. The summed E-state index contributed by atoms with van der Waals surface area (Å²) in [7, 11) is 2.13. The molecule has 0 spiro atoms. The number of aromatic nitrogens is 3. The van der Waals surface area contributed by atoms with Crippen molar-refractivity contribution in [2.75, 3.05) is 43.4 Å². The van der Waals surface area contributed by atoms with Crippen molar-refractivity contribution in [1.82, 2.24) is 19.4 Å². The minimum atomic E-state index is -1.28. The van der Waals surface area contributed by atoms with Crippen molar-refractivity contribution in [2.45, 2.75) is 6.54 Å². The summed E-state index contributed by atoms with van der Waals surface area (Å²) in [5, 5.41) is 12.9. The van der Waals surface area contributed by atoms with Gasteiger partial charge in [0, 0.05) is 56.5 Å². The van der Waals surface area contributed by atoms with Gasteiger partial charge in [-0.05, 0) is 36.9 Å². The first-order chi connectivity index (χ1) is 17.0. The van der Waals surface area contributed by atoms with E-state index >= 15 is 0 Å². The average molecular weight is 471 g/mol. The van der Waals surface area contributed by atoms with Crippen LogP contribution >= 0.6 is 0 Å². The zero-order valence-electron chi connectivity index (χ0n) is 19.4. The summed E-state index contributed by atoms with van der Waals surface area (Å²) in [6.45, 7) is 4.44. The van der Waals surface area contributed by atoms with E-state index in [2.05, 4.69) is 44.3 Å². The van der Waals surface area contributed by atoms with Gasteiger partial charge in [-0.3, -0.25) is 4.79 Å². The quantitative estimate of drug-likeness (QED) is 0.443. The molecular formula is C26H26N6O3. The minimum Gasteiger partial charge on any atom is -0.477 e. The van der Waals surface area contributed by atoms with E-state index in [0.29, 0.717) is 18.1 Å². The van der Waals surface area contributed by atoms with E-state index < -0.39 is 11.4 Å². The van der Waals surface area contributed by atoms with Crippen LogP contribution in [0.2, 0.25) is 0 Å². The van der Waals surface area contributed by atoms with Gasteiger partial charge in [0.2, 0.25) is 11.4 Å². The molecule has 0 amide bonds. The summed E-state index contributed by atoms with van der Waals surface area (Å²) in [5.74, 6) is -0.949. The zero-order chi connectivity index (χ0) is 24.4. The van der Waals surface area contributed by atoms with Crippen molar-refractivity contribution in [1.29, 1.82) is 0 Å². The van der Waals surface area contributed by atoms with Crippen LogP contribution in [-0.2, 0) is 6.54 Å². The van der Waals surface area contributed by atoms with Crippen LogP contribution in [0.4, 0.5) is 17.3 Å². The fourth-order valence-electron chi connectivity index (χ4n) is 4.24. The Morgan fingerprint density at radius 3 is 2.43 bits per heavy atom. The summed E-state index contributed by atoms with van der Waals surface area (Å²) in [4.78, 5) is 38.0. The summed E-state index contributed by atoms with van der Waals surface area (Å²) in [5.41, 5.74) is 2.41. The number of carboxylic acid groups (broad SMARTS) is 1. The third-order valence-corrected chi connectivity index (χ3v) is 6.23. The fraction of sp³-hybridized carbons (Fsp3) is 0.231. The molecule has 0 unspecified atom stereocenters. The highest BCUT2D eigenvalue weighted by Gasteiger charge is 2.17. The molecule has 1 aliphatic rings. The molecule has 3 heterocycles. The minimum absolute atomic E-state index is 0.164. The number of fused-ring (bicyclic) bond motifs is 1. The largest absolute Gasteiger partial charge is 0.477 e. The van der Waals surface area contributed by atoms with E-state index in [1.807, 2.05) is 42.5 Å². The van der Waals surface area contributed by atoms with Crippen molar-refractivity contribution in [3.05, 3.63) is 88.3 Å². The van der Waals surface area contributed by atoms with Crippen LogP contribution in [0.5, 0.6) is 0 Å². The Balaban J connectivity index is 1.45. The highest BCUT2D eigenvalue weighted by molar-refractivity contribution is 5.91. The molecule has 0 aliphatic carbocycles. The molecule has 0 bridgehead atoms. The van der Waals surface area contributed by atoms with Gasteiger partial charge in [-0.1, -0.05) is 30.3 Å². The Kier molecular flexibility index (Phi) is 6.15. The van der Waals surface area contributed by atoms with Crippen molar-refractivity contribution >= 4 is 34.3 Å². The van der Waals surface area contributed by atoms with Gasteiger partial charge < -0.3 is 24.8 Å². The van der Waals surface area contributed by atoms with Gasteiger partial charge in [0.1, 0.15) is 11.2 Å². The van der Waals surface area contributed by atoms with E-state index in [1.165, 1.54) is 18.1 Å². The maximum absolute atomic E-state index is 12.8. The molecule has 2 aromatic carbocycles. The zero-order valence-corrected chi connectivity index (χ0v) is 19.4. The summed E-state index contributed by atoms with van der Waals surface area (Å²) >= 11 is 0. The third kappa shape index (κ3) is 4.85. The van der Waals surface area contributed by atoms with Gasteiger partial charge in [-0.15, -0.1) is 0 Å². The highest BCUT2D eigenvalue weighted by atomic mass is 16.4. The molecule has 1 aliphatic heterocycles. The monoisotopic (exact) mass is 470 g/mol. The first kappa shape index (κ1) is 22.5. The van der Waals surface area contributed by atoms with Gasteiger partial charge >= 0.3 is 5.97 Å². The lowest BCUT2D eigenvalue weighted by Gasteiger charge is -2.34. The van der Waals surface area contributed by atoms with Gasteiger partial charge in [0.15, 0.2) is 0 Å². The van der Waals surface area contributed by atoms with Crippen molar-refractivity contribution in [2.24, 2.45) is 0 Å². The molecule has 1 saturated heterocycles. The maximum atomic E-state index is 12.8. The summed E-state index contributed by atoms with van der Waals surface area (Å²) in [6, 6.07) is 17.7. The van der Waals surface area contributed by atoms with Crippen LogP contribution in [-0.4, -0.2) is 63.7 Å². The number of nitrogens with one attached hydrogen (secondary N) is 1. The molecule has 0 saturated carbocycles. The van der Waals surface area contributed by atoms with Gasteiger partial charge in [-0.2, -0.15) is 4.98 Å². The number of hydrogen-bond acceptors (Lipinski definition) is 7. The molecule has 35 heavy (non-hydrogen) atoms.